The maximum Gasteiger partial charge on any atom is 0.249 e. The first-order valence-electron chi connectivity index (χ1n) is 29.7. The Bertz CT molecular complexity index is 1000. The lowest BCUT2D eigenvalue weighted by atomic mass is 10.00. The minimum Gasteiger partial charge on any atom is -0.394 e. The molecule has 392 valence electrons. The Morgan fingerprint density at radius 1 is 0.364 bits per heavy atom. The standard InChI is InChI=1S/C60H117NO5/c1-3-5-7-9-11-13-15-17-19-21-23-24-25-26-27-28-29-30-31-32-33-34-36-37-39-41-43-45-47-49-51-53-57(63)59(65)56(55-62)61-60(66)58(64)54-52-50-48-46-44-42-40-38-35-22-20-18-16-14-12-10-8-6-4-2/h37,39,45,47,56-59,62-65H,3-36,38,40-44,46,48-55H2,1-2H3,(H,61,66)/b39-37+,47-45+. The van der Waals surface area contributed by atoms with Crippen molar-refractivity contribution in [1.29, 1.82) is 0 Å². The first kappa shape index (κ1) is 64.8. The second kappa shape index (κ2) is 54.7. The van der Waals surface area contributed by atoms with Crippen LogP contribution in [-0.4, -0.2) is 57.3 Å². The van der Waals surface area contributed by atoms with Gasteiger partial charge in [0.15, 0.2) is 0 Å². The second-order valence-corrected chi connectivity index (χ2v) is 20.7. The van der Waals surface area contributed by atoms with Gasteiger partial charge in [0, 0.05) is 0 Å². The van der Waals surface area contributed by atoms with Crippen LogP contribution in [0.4, 0.5) is 0 Å². The maximum absolute atomic E-state index is 12.6. The number of carbonyl (C=O) groups is 1. The minimum absolute atomic E-state index is 0.364. The zero-order valence-electron chi connectivity index (χ0n) is 44.5. The lowest BCUT2D eigenvalue weighted by Crippen LogP contribution is -2.53. The van der Waals surface area contributed by atoms with Crippen molar-refractivity contribution in [3.63, 3.8) is 0 Å². The summed E-state index contributed by atoms with van der Waals surface area (Å²) in [5, 5.41) is 44.0. The van der Waals surface area contributed by atoms with E-state index in [1.54, 1.807) is 0 Å². The molecule has 0 aromatic heterocycles. The van der Waals surface area contributed by atoms with Crippen molar-refractivity contribution in [3.05, 3.63) is 24.3 Å². The molecule has 0 aliphatic carbocycles. The summed E-state index contributed by atoms with van der Waals surface area (Å²) >= 11 is 0. The van der Waals surface area contributed by atoms with Gasteiger partial charge in [-0.1, -0.05) is 295 Å². The second-order valence-electron chi connectivity index (χ2n) is 20.7. The van der Waals surface area contributed by atoms with Crippen LogP contribution in [-0.2, 0) is 4.79 Å². The predicted molar refractivity (Wildman–Crippen MR) is 288 cm³/mol. The number of allylic oxidation sites excluding steroid dienone is 4. The number of unbranched alkanes of at least 4 members (excludes halogenated alkanes) is 42. The molecule has 0 heterocycles. The fourth-order valence-corrected chi connectivity index (χ4v) is 9.48. The summed E-state index contributed by atoms with van der Waals surface area (Å²) in [6.45, 7) is 4.08. The Morgan fingerprint density at radius 2 is 0.636 bits per heavy atom. The van der Waals surface area contributed by atoms with E-state index in [1.807, 2.05) is 0 Å². The average Bonchev–Trinajstić information content (AvgIpc) is 3.32. The average molecular weight is 933 g/mol. The van der Waals surface area contributed by atoms with E-state index in [0.717, 1.165) is 38.5 Å². The molecule has 0 saturated heterocycles. The van der Waals surface area contributed by atoms with Crippen molar-refractivity contribution in [2.75, 3.05) is 6.61 Å². The SMILES string of the molecule is CCCCCCCCCCCCCCCCCCCCCCCC/C=C/CC/C=C/CCCC(O)C(O)C(CO)NC(=O)C(O)CCCCCCCCCCCCCCCCCCCCC. The first-order chi connectivity index (χ1) is 32.5. The molecule has 5 N–H and O–H groups in total. The molecule has 0 aliphatic heterocycles. The monoisotopic (exact) mass is 932 g/mol. The van der Waals surface area contributed by atoms with Crippen LogP contribution in [0.25, 0.3) is 0 Å². The Hall–Kier alpha value is -1.21. The molecule has 0 aliphatic rings. The van der Waals surface area contributed by atoms with Crippen molar-refractivity contribution in [3.8, 4) is 0 Å². The largest absolute Gasteiger partial charge is 0.394 e. The van der Waals surface area contributed by atoms with Crippen molar-refractivity contribution in [1.82, 2.24) is 5.32 Å². The quantitative estimate of drug-likeness (QED) is 0.0308. The van der Waals surface area contributed by atoms with E-state index in [2.05, 4.69) is 43.5 Å². The van der Waals surface area contributed by atoms with Crippen LogP contribution in [0.5, 0.6) is 0 Å². The molecular formula is C60H117NO5. The van der Waals surface area contributed by atoms with Crippen LogP contribution in [0, 0.1) is 0 Å². The molecular weight excluding hydrogens is 815 g/mol. The van der Waals surface area contributed by atoms with Gasteiger partial charge in [0.1, 0.15) is 12.2 Å². The number of aliphatic hydroxyl groups is 4. The number of nitrogens with one attached hydrogen (secondary N) is 1. The van der Waals surface area contributed by atoms with E-state index in [0.29, 0.717) is 19.3 Å². The highest BCUT2D eigenvalue weighted by Crippen LogP contribution is 2.18. The third-order valence-corrected chi connectivity index (χ3v) is 14.1. The number of rotatable bonds is 55. The first-order valence-corrected chi connectivity index (χ1v) is 29.7. The van der Waals surface area contributed by atoms with Gasteiger partial charge in [-0.05, 0) is 51.4 Å². The molecule has 1 amide bonds. The van der Waals surface area contributed by atoms with Crippen molar-refractivity contribution < 1.29 is 25.2 Å². The van der Waals surface area contributed by atoms with Gasteiger partial charge in [0.25, 0.3) is 0 Å². The maximum atomic E-state index is 12.6. The smallest absolute Gasteiger partial charge is 0.249 e. The molecule has 0 aromatic carbocycles. The highest BCUT2D eigenvalue weighted by atomic mass is 16.3. The van der Waals surface area contributed by atoms with Gasteiger partial charge in [0.2, 0.25) is 5.91 Å². The fourth-order valence-electron chi connectivity index (χ4n) is 9.48. The number of hydrogen-bond acceptors (Lipinski definition) is 5. The van der Waals surface area contributed by atoms with E-state index < -0.39 is 36.9 Å². The van der Waals surface area contributed by atoms with Crippen LogP contribution in [0.2, 0.25) is 0 Å². The summed E-state index contributed by atoms with van der Waals surface area (Å²) in [5.41, 5.74) is 0. The molecule has 4 unspecified atom stereocenters. The highest BCUT2D eigenvalue weighted by Gasteiger charge is 2.28. The summed E-state index contributed by atoms with van der Waals surface area (Å²) in [5.74, 6) is -0.592. The minimum atomic E-state index is -1.29. The zero-order chi connectivity index (χ0) is 48.1. The third-order valence-electron chi connectivity index (χ3n) is 14.1. The summed E-state index contributed by atoms with van der Waals surface area (Å²) in [6, 6.07) is -1.01. The van der Waals surface area contributed by atoms with E-state index in [-0.39, 0.29) is 0 Å². The molecule has 6 heteroatoms. The van der Waals surface area contributed by atoms with Gasteiger partial charge in [-0.25, -0.2) is 0 Å². The van der Waals surface area contributed by atoms with Gasteiger partial charge in [0.05, 0.1) is 18.8 Å². The molecule has 6 nitrogen and oxygen atoms in total. The number of aliphatic hydroxyl groups excluding tert-OH is 4. The molecule has 0 fully saturated rings. The fraction of sp³-hybridized carbons (Fsp3) is 0.917. The highest BCUT2D eigenvalue weighted by molar-refractivity contribution is 5.80. The van der Waals surface area contributed by atoms with E-state index >= 15 is 0 Å². The lowest BCUT2D eigenvalue weighted by Gasteiger charge is -2.27. The van der Waals surface area contributed by atoms with Gasteiger partial charge in [-0.2, -0.15) is 0 Å². The Morgan fingerprint density at radius 3 is 0.955 bits per heavy atom. The molecule has 66 heavy (non-hydrogen) atoms. The van der Waals surface area contributed by atoms with E-state index in [9.17, 15) is 25.2 Å². The molecule has 0 radical (unpaired) electrons. The number of amides is 1. The molecule has 0 spiro atoms. The summed E-state index contributed by atoms with van der Waals surface area (Å²) in [4.78, 5) is 12.6. The number of hydrogen-bond donors (Lipinski definition) is 5. The molecule has 0 bridgehead atoms. The van der Waals surface area contributed by atoms with Crippen LogP contribution in [0.15, 0.2) is 24.3 Å². The van der Waals surface area contributed by atoms with Crippen LogP contribution in [0.3, 0.4) is 0 Å². The van der Waals surface area contributed by atoms with Crippen molar-refractivity contribution in [2.45, 2.75) is 346 Å². The zero-order valence-corrected chi connectivity index (χ0v) is 44.5. The summed E-state index contributed by atoms with van der Waals surface area (Å²) in [7, 11) is 0. The lowest BCUT2D eigenvalue weighted by molar-refractivity contribution is -0.132. The number of carbonyl (C=O) groups excluding carboxylic acids is 1. The Labute approximate surface area is 412 Å². The van der Waals surface area contributed by atoms with Gasteiger partial charge >= 0.3 is 0 Å². The van der Waals surface area contributed by atoms with Crippen LogP contribution >= 0.6 is 0 Å². The third kappa shape index (κ3) is 47.8. The predicted octanol–water partition coefficient (Wildman–Crippen LogP) is 17.4. The van der Waals surface area contributed by atoms with Crippen LogP contribution in [0.1, 0.15) is 322 Å². The van der Waals surface area contributed by atoms with Gasteiger partial charge in [-0.15, -0.1) is 0 Å². The Balaban J connectivity index is 3.63. The molecule has 0 aromatic rings. The Kier molecular flexibility index (Phi) is 53.7. The van der Waals surface area contributed by atoms with Crippen molar-refractivity contribution in [2.24, 2.45) is 0 Å². The normalized spacial score (nSPS) is 13.8. The molecule has 4 atom stereocenters. The molecule has 0 rings (SSSR count). The molecule has 0 saturated carbocycles. The van der Waals surface area contributed by atoms with Crippen molar-refractivity contribution >= 4 is 5.91 Å². The van der Waals surface area contributed by atoms with Gasteiger partial charge < -0.3 is 25.7 Å². The van der Waals surface area contributed by atoms with E-state index in [4.69, 9.17) is 0 Å². The topological polar surface area (TPSA) is 110 Å². The summed E-state index contributed by atoms with van der Waals surface area (Å²) < 4.78 is 0. The summed E-state index contributed by atoms with van der Waals surface area (Å²) in [6.07, 6.45) is 67.0. The van der Waals surface area contributed by atoms with Gasteiger partial charge in [-0.3, -0.25) is 4.79 Å². The van der Waals surface area contributed by atoms with Crippen LogP contribution < -0.4 is 5.32 Å². The van der Waals surface area contributed by atoms with E-state index in [1.165, 1.54) is 250 Å².